The minimum absolute atomic E-state index is 0.0783. The number of esters is 1. The maximum atomic E-state index is 13.3. The maximum absolute atomic E-state index is 13.3. The topological polar surface area (TPSA) is 46.6 Å². The second kappa shape index (κ2) is 9.34. The minimum Gasteiger partial charge on any atom is -0.465 e. The second-order valence-corrected chi connectivity index (χ2v) is 6.06. The van der Waals surface area contributed by atoms with Crippen LogP contribution in [0.5, 0.6) is 0 Å². The summed E-state index contributed by atoms with van der Waals surface area (Å²) in [4.78, 5) is 25.6. The fraction of sp³-hybridized carbons (Fsp3) is 0.300. The SMILES string of the molecule is CCOC(=O)CN(Cc1ccc(C(F)(F)F)cc1)C(=O)Cc1cccc(F)c1. The second-order valence-electron chi connectivity index (χ2n) is 6.06. The predicted molar refractivity (Wildman–Crippen MR) is 93.6 cm³/mol. The molecule has 0 aliphatic carbocycles. The van der Waals surface area contributed by atoms with Gasteiger partial charge in [-0.1, -0.05) is 24.3 Å². The van der Waals surface area contributed by atoms with Crippen molar-refractivity contribution in [2.24, 2.45) is 0 Å². The average Bonchev–Trinajstić information content (AvgIpc) is 2.61. The molecule has 0 saturated carbocycles. The number of nitrogens with zero attached hydrogens (tertiary/aromatic N) is 1. The van der Waals surface area contributed by atoms with Crippen LogP contribution in [-0.4, -0.2) is 29.9 Å². The van der Waals surface area contributed by atoms with Crippen LogP contribution in [-0.2, 0) is 33.5 Å². The molecule has 150 valence electrons. The Morgan fingerprint density at radius 1 is 1.04 bits per heavy atom. The highest BCUT2D eigenvalue weighted by molar-refractivity contribution is 5.83. The van der Waals surface area contributed by atoms with Gasteiger partial charge in [-0.3, -0.25) is 9.59 Å². The summed E-state index contributed by atoms with van der Waals surface area (Å²) in [6.45, 7) is 1.31. The lowest BCUT2D eigenvalue weighted by molar-refractivity contribution is -0.149. The zero-order chi connectivity index (χ0) is 20.7. The molecule has 0 aromatic heterocycles. The average molecular weight is 397 g/mol. The van der Waals surface area contributed by atoms with E-state index in [4.69, 9.17) is 4.74 Å². The smallest absolute Gasteiger partial charge is 0.416 e. The number of benzene rings is 2. The highest BCUT2D eigenvalue weighted by Crippen LogP contribution is 2.29. The van der Waals surface area contributed by atoms with Crippen LogP contribution in [0.25, 0.3) is 0 Å². The lowest BCUT2D eigenvalue weighted by Crippen LogP contribution is -2.37. The van der Waals surface area contributed by atoms with E-state index in [2.05, 4.69) is 0 Å². The molecule has 0 aliphatic rings. The van der Waals surface area contributed by atoms with Crippen molar-refractivity contribution >= 4 is 11.9 Å². The third-order valence-electron chi connectivity index (χ3n) is 3.88. The van der Waals surface area contributed by atoms with E-state index in [0.717, 1.165) is 12.1 Å². The number of amides is 1. The monoisotopic (exact) mass is 397 g/mol. The molecule has 0 spiro atoms. The third-order valence-corrected chi connectivity index (χ3v) is 3.88. The summed E-state index contributed by atoms with van der Waals surface area (Å²) in [5, 5.41) is 0. The lowest BCUT2D eigenvalue weighted by atomic mass is 10.1. The van der Waals surface area contributed by atoms with Crippen LogP contribution < -0.4 is 0 Å². The number of ether oxygens (including phenoxy) is 1. The Bertz CT molecular complexity index is 819. The van der Waals surface area contributed by atoms with Crippen molar-refractivity contribution in [3.8, 4) is 0 Å². The van der Waals surface area contributed by atoms with Crippen molar-refractivity contribution in [1.29, 1.82) is 0 Å². The molecular formula is C20H19F4NO3. The van der Waals surface area contributed by atoms with Crippen molar-refractivity contribution in [3.63, 3.8) is 0 Å². The van der Waals surface area contributed by atoms with Crippen LogP contribution in [0.1, 0.15) is 23.6 Å². The first-order chi connectivity index (χ1) is 13.2. The Morgan fingerprint density at radius 3 is 2.29 bits per heavy atom. The Labute approximate surface area is 159 Å². The first-order valence-corrected chi connectivity index (χ1v) is 8.53. The number of halogens is 4. The number of hydrogen-bond donors (Lipinski definition) is 0. The molecule has 0 fully saturated rings. The van der Waals surface area contributed by atoms with Crippen LogP contribution >= 0.6 is 0 Å². The highest BCUT2D eigenvalue weighted by atomic mass is 19.4. The van der Waals surface area contributed by atoms with Gasteiger partial charge in [-0.05, 0) is 42.3 Å². The quantitative estimate of drug-likeness (QED) is 0.525. The molecule has 0 heterocycles. The van der Waals surface area contributed by atoms with Gasteiger partial charge in [0.1, 0.15) is 12.4 Å². The summed E-state index contributed by atoms with van der Waals surface area (Å²) in [5.41, 5.74) is 0.0375. The summed E-state index contributed by atoms with van der Waals surface area (Å²) in [7, 11) is 0. The van der Waals surface area contributed by atoms with Crippen molar-refractivity contribution in [1.82, 2.24) is 4.90 Å². The van der Waals surface area contributed by atoms with Gasteiger partial charge in [-0.2, -0.15) is 13.2 Å². The van der Waals surface area contributed by atoms with Crippen LogP contribution in [0.4, 0.5) is 17.6 Å². The highest BCUT2D eigenvalue weighted by Gasteiger charge is 2.30. The molecule has 0 atom stereocenters. The largest absolute Gasteiger partial charge is 0.465 e. The molecule has 8 heteroatoms. The zero-order valence-electron chi connectivity index (χ0n) is 15.1. The molecule has 0 unspecified atom stereocenters. The van der Waals surface area contributed by atoms with Crippen LogP contribution in [0.15, 0.2) is 48.5 Å². The molecule has 2 rings (SSSR count). The van der Waals surface area contributed by atoms with Crippen LogP contribution in [0, 0.1) is 5.82 Å². The summed E-state index contributed by atoms with van der Waals surface area (Å²) < 4.78 is 56.2. The van der Waals surface area contributed by atoms with Gasteiger partial charge < -0.3 is 9.64 Å². The molecular weight excluding hydrogens is 378 g/mol. The van der Waals surface area contributed by atoms with Gasteiger partial charge in [0.05, 0.1) is 18.6 Å². The molecule has 1 amide bonds. The van der Waals surface area contributed by atoms with Crippen molar-refractivity contribution in [3.05, 3.63) is 71.0 Å². The van der Waals surface area contributed by atoms with E-state index in [0.29, 0.717) is 11.1 Å². The van der Waals surface area contributed by atoms with Gasteiger partial charge >= 0.3 is 12.1 Å². The van der Waals surface area contributed by atoms with E-state index in [1.54, 1.807) is 13.0 Å². The van der Waals surface area contributed by atoms with Crippen molar-refractivity contribution in [2.45, 2.75) is 26.1 Å². The minimum atomic E-state index is -4.46. The number of rotatable bonds is 7. The molecule has 28 heavy (non-hydrogen) atoms. The van der Waals surface area contributed by atoms with Gasteiger partial charge in [0, 0.05) is 6.54 Å². The molecule has 0 N–H and O–H groups in total. The molecule has 0 aliphatic heterocycles. The van der Waals surface area contributed by atoms with Gasteiger partial charge in [0.25, 0.3) is 0 Å². The van der Waals surface area contributed by atoms with Gasteiger partial charge in [-0.15, -0.1) is 0 Å². The van der Waals surface area contributed by atoms with Crippen molar-refractivity contribution < 1.29 is 31.9 Å². The van der Waals surface area contributed by atoms with E-state index in [1.807, 2.05) is 0 Å². The van der Waals surface area contributed by atoms with Crippen LogP contribution in [0.2, 0.25) is 0 Å². The summed E-state index contributed by atoms with van der Waals surface area (Å²) in [6, 6.07) is 9.80. The Hall–Kier alpha value is -2.90. The number of carbonyl (C=O) groups excluding carboxylic acids is 2. The fourth-order valence-electron chi connectivity index (χ4n) is 2.55. The number of alkyl halides is 3. The van der Waals surface area contributed by atoms with E-state index in [-0.39, 0.29) is 26.1 Å². The first kappa shape index (κ1) is 21.4. The Kier molecular flexibility index (Phi) is 7.14. The van der Waals surface area contributed by atoms with E-state index < -0.39 is 29.4 Å². The first-order valence-electron chi connectivity index (χ1n) is 8.53. The number of hydrogen-bond acceptors (Lipinski definition) is 3. The summed E-state index contributed by atoms with van der Waals surface area (Å²) >= 11 is 0. The summed E-state index contributed by atoms with van der Waals surface area (Å²) in [5.74, 6) is -1.61. The molecule has 2 aromatic carbocycles. The van der Waals surface area contributed by atoms with Crippen LogP contribution in [0.3, 0.4) is 0 Å². The Morgan fingerprint density at radius 2 is 1.71 bits per heavy atom. The predicted octanol–water partition coefficient (Wildman–Crippen LogP) is 3.98. The van der Waals surface area contributed by atoms with Gasteiger partial charge in [0.2, 0.25) is 5.91 Å². The molecule has 0 radical (unpaired) electrons. The summed E-state index contributed by atoms with van der Waals surface area (Å²) in [6.07, 6.45) is -4.62. The fourth-order valence-corrected chi connectivity index (χ4v) is 2.55. The lowest BCUT2D eigenvalue weighted by Gasteiger charge is -2.22. The Balaban J connectivity index is 2.16. The van der Waals surface area contributed by atoms with Gasteiger partial charge in [0.15, 0.2) is 0 Å². The molecule has 4 nitrogen and oxygen atoms in total. The molecule has 0 saturated heterocycles. The van der Waals surface area contributed by atoms with E-state index in [9.17, 15) is 27.2 Å². The number of carbonyl (C=O) groups is 2. The van der Waals surface area contributed by atoms with E-state index in [1.165, 1.54) is 35.2 Å². The van der Waals surface area contributed by atoms with Crippen molar-refractivity contribution in [2.75, 3.05) is 13.2 Å². The van der Waals surface area contributed by atoms with E-state index >= 15 is 0 Å². The zero-order valence-corrected chi connectivity index (χ0v) is 15.1. The molecule has 0 bridgehead atoms. The molecule has 2 aromatic rings. The standard InChI is InChI=1S/C20H19F4NO3/c1-2-28-19(27)13-25(18(26)11-15-4-3-5-17(21)10-15)12-14-6-8-16(9-7-14)20(22,23)24/h3-10H,2,11-13H2,1H3. The third kappa shape index (κ3) is 6.37. The maximum Gasteiger partial charge on any atom is 0.416 e. The van der Waals surface area contributed by atoms with Gasteiger partial charge in [-0.25, -0.2) is 4.39 Å². The normalized spacial score (nSPS) is 11.2.